The molecule has 2 saturated heterocycles. The normalized spacial score (nSPS) is 20.2. The summed E-state index contributed by atoms with van der Waals surface area (Å²) in [4.78, 5) is 2.49. The number of aromatic nitrogens is 2. The number of hydrogen-bond donors (Lipinski definition) is 1. The molecule has 8 nitrogen and oxygen atoms in total. The topological polar surface area (TPSA) is 87.7 Å². The molecule has 2 fully saturated rings. The maximum Gasteiger partial charge on any atom is 0.243 e. The summed E-state index contributed by atoms with van der Waals surface area (Å²) >= 11 is 0. The molecule has 0 bridgehead atoms. The predicted molar refractivity (Wildman–Crippen MR) is 121 cm³/mol. The van der Waals surface area contributed by atoms with Gasteiger partial charge >= 0.3 is 0 Å². The molecule has 168 valence electrons. The second-order valence-corrected chi connectivity index (χ2v) is 10.3. The molecular weight excluding hydrogens is 414 g/mol. The van der Waals surface area contributed by atoms with Gasteiger partial charge < -0.3 is 15.0 Å². The fraction of sp³-hybridized carbons (Fsp3) is 0.545. The highest BCUT2D eigenvalue weighted by atomic mass is 32.2. The number of nitrogens with one attached hydrogen (secondary N) is 1. The van der Waals surface area contributed by atoms with Gasteiger partial charge in [0.15, 0.2) is 5.82 Å². The van der Waals surface area contributed by atoms with Crippen LogP contribution >= 0.6 is 0 Å². The molecule has 2 aliphatic rings. The quantitative estimate of drug-likeness (QED) is 0.731. The van der Waals surface area contributed by atoms with Crippen molar-refractivity contribution in [1.82, 2.24) is 14.5 Å². The standard InChI is InChI=1S/C22H31N5O3S/c1-16-13-18(3)20(14-17(16)2)31(28,29)27-10-8-26(9-11-27)22-7-6-21(24-25-22)23-15-19-5-4-12-30-19/h6-7,13-14,19H,4-5,8-12,15H2,1-3H3,(H,23,24). The summed E-state index contributed by atoms with van der Waals surface area (Å²) in [5.41, 5.74) is 2.89. The number of ether oxygens (including phenoxy) is 1. The van der Waals surface area contributed by atoms with Crippen LogP contribution < -0.4 is 10.2 Å². The third-order valence-electron chi connectivity index (χ3n) is 6.16. The Morgan fingerprint density at radius 2 is 1.77 bits per heavy atom. The van der Waals surface area contributed by atoms with Crippen LogP contribution in [0.25, 0.3) is 0 Å². The molecule has 2 aromatic rings. The highest BCUT2D eigenvalue weighted by Gasteiger charge is 2.30. The van der Waals surface area contributed by atoms with Gasteiger partial charge in [-0.05, 0) is 68.5 Å². The minimum atomic E-state index is -3.51. The smallest absolute Gasteiger partial charge is 0.243 e. The van der Waals surface area contributed by atoms with E-state index in [1.165, 1.54) is 0 Å². The van der Waals surface area contributed by atoms with Gasteiger partial charge in [0.25, 0.3) is 0 Å². The third kappa shape index (κ3) is 4.83. The van der Waals surface area contributed by atoms with Gasteiger partial charge in [-0.1, -0.05) is 6.07 Å². The van der Waals surface area contributed by atoms with Crippen molar-refractivity contribution in [3.8, 4) is 0 Å². The summed E-state index contributed by atoms with van der Waals surface area (Å²) in [6.45, 7) is 9.40. The van der Waals surface area contributed by atoms with Crippen molar-refractivity contribution in [1.29, 1.82) is 0 Å². The Labute approximate surface area is 184 Å². The van der Waals surface area contributed by atoms with Crippen LogP contribution in [-0.2, 0) is 14.8 Å². The van der Waals surface area contributed by atoms with Crippen LogP contribution in [0.15, 0.2) is 29.2 Å². The third-order valence-corrected chi connectivity index (χ3v) is 8.20. The van der Waals surface area contributed by atoms with Gasteiger partial charge in [0.2, 0.25) is 10.0 Å². The van der Waals surface area contributed by atoms with Crippen LogP contribution in [0.5, 0.6) is 0 Å². The average molecular weight is 446 g/mol. The molecule has 1 N–H and O–H groups in total. The summed E-state index contributed by atoms with van der Waals surface area (Å²) in [6, 6.07) is 7.59. The number of sulfonamides is 1. The minimum Gasteiger partial charge on any atom is -0.376 e. The van der Waals surface area contributed by atoms with Crippen LogP contribution in [0.1, 0.15) is 29.5 Å². The van der Waals surface area contributed by atoms with E-state index in [1.54, 1.807) is 10.4 Å². The molecule has 0 radical (unpaired) electrons. The zero-order valence-electron chi connectivity index (χ0n) is 18.5. The lowest BCUT2D eigenvalue weighted by atomic mass is 10.1. The van der Waals surface area contributed by atoms with Crippen LogP contribution in [0.3, 0.4) is 0 Å². The van der Waals surface area contributed by atoms with Crippen molar-refractivity contribution in [2.45, 2.75) is 44.6 Å². The van der Waals surface area contributed by atoms with Crippen molar-refractivity contribution in [3.63, 3.8) is 0 Å². The molecule has 1 aromatic heterocycles. The average Bonchev–Trinajstić information content (AvgIpc) is 3.29. The predicted octanol–water partition coefficient (Wildman–Crippen LogP) is 2.50. The van der Waals surface area contributed by atoms with Gasteiger partial charge in [0.1, 0.15) is 5.82 Å². The zero-order chi connectivity index (χ0) is 22.0. The van der Waals surface area contributed by atoms with Crippen molar-refractivity contribution < 1.29 is 13.2 Å². The van der Waals surface area contributed by atoms with Crippen molar-refractivity contribution in [3.05, 3.63) is 41.0 Å². The second-order valence-electron chi connectivity index (χ2n) is 8.39. The molecule has 2 aliphatic heterocycles. The van der Waals surface area contributed by atoms with Gasteiger partial charge in [-0.25, -0.2) is 8.42 Å². The summed E-state index contributed by atoms with van der Waals surface area (Å²) < 4.78 is 33.6. The number of hydrogen-bond acceptors (Lipinski definition) is 7. The first-order valence-corrected chi connectivity index (χ1v) is 12.3. The molecule has 0 aliphatic carbocycles. The fourth-order valence-electron chi connectivity index (χ4n) is 4.12. The van der Waals surface area contributed by atoms with Crippen LogP contribution in [-0.4, -0.2) is 68.4 Å². The van der Waals surface area contributed by atoms with E-state index in [4.69, 9.17) is 4.74 Å². The Bertz CT molecular complexity index is 1010. The van der Waals surface area contributed by atoms with Crippen LogP contribution in [0.2, 0.25) is 0 Å². The van der Waals surface area contributed by atoms with E-state index >= 15 is 0 Å². The lowest BCUT2D eigenvalue weighted by Gasteiger charge is -2.34. The highest BCUT2D eigenvalue weighted by molar-refractivity contribution is 7.89. The number of rotatable bonds is 6. The Morgan fingerprint density at radius 1 is 1.03 bits per heavy atom. The lowest BCUT2D eigenvalue weighted by Crippen LogP contribution is -2.49. The summed E-state index contributed by atoms with van der Waals surface area (Å²) in [6.07, 6.45) is 2.44. The number of nitrogens with zero attached hydrogens (tertiary/aromatic N) is 4. The molecule has 0 amide bonds. The molecule has 0 spiro atoms. The lowest BCUT2D eigenvalue weighted by molar-refractivity contribution is 0.120. The Balaban J connectivity index is 1.36. The van der Waals surface area contributed by atoms with Crippen molar-refractivity contribution in [2.75, 3.05) is 49.5 Å². The molecule has 31 heavy (non-hydrogen) atoms. The van der Waals surface area contributed by atoms with Crippen molar-refractivity contribution in [2.24, 2.45) is 0 Å². The summed E-state index contributed by atoms with van der Waals surface area (Å²) in [5, 5.41) is 11.9. The van der Waals surface area contributed by atoms with Gasteiger partial charge in [0, 0.05) is 39.3 Å². The van der Waals surface area contributed by atoms with Crippen LogP contribution in [0.4, 0.5) is 11.6 Å². The van der Waals surface area contributed by atoms with Gasteiger partial charge in [0.05, 0.1) is 11.0 Å². The van der Waals surface area contributed by atoms with Gasteiger partial charge in [-0.15, -0.1) is 10.2 Å². The molecule has 1 atom stereocenters. The Hall–Kier alpha value is -2.23. The Morgan fingerprint density at radius 3 is 2.42 bits per heavy atom. The second kappa shape index (κ2) is 9.10. The van der Waals surface area contributed by atoms with E-state index in [-0.39, 0.29) is 6.10 Å². The number of piperazine rings is 1. The summed E-state index contributed by atoms with van der Waals surface area (Å²) in [7, 11) is -3.51. The van der Waals surface area contributed by atoms with E-state index in [0.717, 1.165) is 54.3 Å². The summed E-state index contributed by atoms with van der Waals surface area (Å²) in [5.74, 6) is 1.49. The van der Waals surface area contributed by atoms with E-state index in [9.17, 15) is 8.42 Å². The molecule has 9 heteroatoms. The van der Waals surface area contributed by atoms with Crippen molar-refractivity contribution >= 4 is 21.7 Å². The van der Waals surface area contributed by atoms with E-state index in [0.29, 0.717) is 31.1 Å². The number of anilines is 2. The van der Waals surface area contributed by atoms with Gasteiger partial charge in [-0.2, -0.15) is 4.31 Å². The van der Waals surface area contributed by atoms with Gasteiger partial charge in [-0.3, -0.25) is 0 Å². The first-order chi connectivity index (χ1) is 14.8. The molecule has 0 saturated carbocycles. The maximum atomic E-state index is 13.2. The largest absolute Gasteiger partial charge is 0.376 e. The zero-order valence-corrected chi connectivity index (χ0v) is 19.3. The fourth-order valence-corrected chi connectivity index (χ4v) is 5.83. The van der Waals surface area contributed by atoms with Crippen LogP contribution in [0, 0.1) is 20.8 Å². The highest BCUT2D eigenvalue weighted by Crippen LogP contribution is 2.25. The minimum absolute atomic E-state index is 0.248. The van der Waals surface area contributed by atoms with E-state index in [1.807, 2.05) is 39.0 Å². The monoisotopic (exact) mass is 445 g/mol. The first-order valence-electron chi connectivity index (χ1n) is 10.9. The molecular formula is C22H31N5O3S. The maximum absolute atomic E-state index is 13.2. The van der Waals surface area contributed by atoms with E-state index < -0.39 is 10.0 Å². The molecule has 1 aromatic carbocycles. The number of aryl methyl sites for hydroxylation is 3. The molecule has 1 unspecified atom stereocenters. The van der Waals surface area contributed by atoms with E-state index in [2.05, 4.69) is 20.4 Å². The number of benzene rings is 1. The SMILES string of the molecule is Cc1cc(C)c(S(=O)(=O)N2CCN(c3ccc(NCC4CCCO4)nn3)CC2)cc1C. The molecule has 4 rings (SSSR count). The first kappa shape index (κ1) is 22.0. The Kier molecular flexibility index (Phi) is 6.45. The molecule has 3 heterocycles.